The van der Waals surface area contributed by atoms with E-state index in [1.807, 2.05) is 0 Å². The second-order valence-electron chi connectivity index (χ2n) is 5.80. The highest BCUT2D eigenvalue weighted by molar-refractivity contribution is 4.84. The molecule has 2 aliphatic carbocycles. The number of fused-ring (bicyclic) bond motifs is 2. The van der Waals surface area contributed by atoms with Crippen molar-refractivity contribution in [1.29, 1.82) is 0 Å². The van der Waals surface area contributed by atoms with Gasteiger partial charge in [0.1, 0.15) is 0 Å². The quantitative estimate of drug-likeness (QED) is 0.729. The summed E-state index contributed by atoms with van der Waals surface area (Å²) in [5.41, 5.74) is 0. The molecule has 0 aliphatic heterocycles. The molecule has 0 amide bonds. The Labute approximate surface area is 88.7 Å². The molecule has 0 aromatic rings. The summed E-state index contributed by atoms with van der Waals surface area (Å²) >= 11 is 0. The first-order chi connectivity index (χ1) is 6.74. The van der Waals surface area contributed by atoms with E-state index in [0.29, 0.717) is 6.04 Å². The topological polar surface area (TPSA) is 12.0 Å². The fourth-order valence-corrected chi connectivity index (χ4v) is 3.44. The molecule has 1 heteroatoms. The van der Waals surface area contributed by atoms with Crippen LogP contribution in [0.3, 0.4) is 0 Å². The predicted molar refractivity (Wildman–Crippen MR) is 61.3 cm³/mol. The van der Waals surface area contributed by atoms with E-state index in [-0.39, 0.29) is 0 Å². The van der Waals surface area contributed by atoms with Crippen molar-refractivity contribution in [3.05, 3.63) is 0 Å². The highest BCUT2D eigenvalue weighted by Crippen LogP contribution is 2.42. The van der Waals surface area contributed by atoms with Gasteiger partial charge < -0.3 is 5.32 Å². The average Bonchev–Trinajstić information content (AvgIpc) is 2.14. The van der Waals surface area contributed by atoms with Crippen molar-refractivity contribution in [2.75, 3.05) is 6.54 Å². The third-order valence-corrected chi connectivity index (χ3v) is 4.04. The molecule has 14 heavy (non-hydrogen) atoms. The van der Waals surface area contributed by atoms with Gasteiger partial charge in [-0.2, -0.15) is 0 Å². The molecule has 1 nitrogen and oxygen atoms in total. The van der Waals surface area contributed by atoms with Crippen LogP contribution in [0.25, 0.3) is 0 Å². The van der Waals surface area contributed by atoms with E-state index in [2.05, 4.69) is 19.2 Å². The second-order valence-corrected chi connectivity index (χ2v) is 5.80. The van der Waals surface area contributed by atoms with Gasteiger partial charge in [-0.15, -0.1) is 0 Å². The highest BCUT2D eigenvalue weighted by Gasteiger charge is 2.31. The minimum atomic E-state index is 0.664. The predicted octanol–water partition coefficient (Wildman–Crippen LogP) is 3.20. The third-order valence-electron chi connectivity index (χ3n) is 4.04. The van der Waals surface area contributed by atoms with E-state index >= 15 is 0 Å². The molecule has 82 valence electrons. The summed E-state index contributed by atoms with van der Waals surface area (Å²) < 4.78 is 0. The summed E-state index contributed by atoms with van der Waals surface area (Å²) in [6, 6.07) is 0.664. The molecule has 2 atom stereocenters. The van der Waals surface area contributed by atoms with Gasteiger partial charge in [0.15, 0.2) is 0 Å². The van der Waals surface area contributed by atoms with Gasteiger partial charge in [-0.1, -0.05) is 33.1 Å². The molecule has 0 heterocycles. The lowest BCUT2D eigenvalue weighted by Crippen LogP contribution is -2.35. The number of hydrogen-bond acceptors (Lipinski definition) is 1. The minimum Gasteiger partial charge on any atom is -0.314 e. The van der Waals surface area contributed by atoms with E-state index in [9.17, 15) is 0 Å². The van der Waals surface area contributed by atoms with Gasteiger partial charge in [0.2, 0.25) is 0 Å². The van der Waals surface area contributed by atoms with Crippen LogP contribution in [-0.4, -0.2) is 12.6 Å². The standard InChI is InChI=1S/C13H25N/c1-10(2)14-9-13-7-11-4-3-5-12(6-11)8-13/h10-14H,3-9H2,1-2H3. The van der Waals surface area contributed by atoms with Crippen LogP contribution in [0, 0.1) is 17.8 Å². The van der Waals surface area contributed by atoms with Crippen molar-refractivity contribution >= 4 is 0 Å². The Bertz CT molecular complexity index is 164. The summed E-state index contributed by atoms with van der Waals surface area (Å²) in [5, 5.41) is 3.60. The van der Waals surface area contributed by atoms with Gasteiger partial charge in [-0.05, 0) is 43.6 Å². The van der Waals surface area contributed by atoms with Crippen LogP contribution in [0.1, 0.15) is 52.4 Å². The zero-order chi connectivity index (χ0) is 9.97. The Morgan fingerprint density at radius 1 is 1.07 bits per heavy atom. The van der Waals surface area contributed by atoms with E-state index in [1.54, 1.807) is 6.42 Å². The van der Waals surface area contributed by atoms with Crippen molar-refractivity contribution in [2.24, 2.45) is 17.8 Å². The van der Waals surface area contributed by atoms with Crippen LogP contribution in [0.15, 0.2) is 0 Å². The molecule has 2 aliphatic rings. The fourth-order valence-electron chi connectivity index (χ4n) is 3.44. The molecule has 0 saturated heterocycles. The maximum atomic E-state index is 3.60. The van der Waals surface area contributed by atoms with E-state index in [4.69, 9.17) is 0 Å². The van der Waals surface area contributed by atoms with Gasteiger partial charge in [0.25, 0.3) is 0 Å². The molecule has 0 spiro atoms. The van der Waals surface area contributed by atoms with Gasteiger partial charge in [-0.25, -0.2) is 0 Å². The summed E-state index contributed by atoms with van der Waals surface area (Å²) in [6.45, 7) is 5.78. The van der Waals surface area contributed by atoms with Crippen molar-refractivity contribution in [3.8, 4) is 0 Å². The largest absolute Gasteiger partial charge is 0.314 e. The molecule has 0 radical (unpaired) electrons. The Hall–Kier alpha value is -0.0400. The summed E-state index contributed by atoms with van der Waals surface area (Å²) in [5.74, 6) is 3.16. The summed E-state index contributed by atoms with van der Waals surface area (Å²) in [7, 11) is 0. The van der Waals surface area contributed by atoms with Crippen molar-refractivity contribution in [2.45, 2.75) is 58.4 Å². The second kappa shape index (κ2) is 4.65. The lowest BCUT2D eigenvalue weighted by molar-refractivity contribution is 0.134. The fraction of sp³-hybridized carbons (Fsp3) is 1.00. The molecule has 0 aromatic carbocycles. The van der Waals surface area contributed by atoms with Crippen molar-refractivity contribution in [1.82, 2.24) is 5.32 Å². The Kier molecular flexibility index (Phi) is 3.48. The first-order valence-corrected chi connectivity index (χ1v) is 6.47. The SMILES string of the molecule is CC(C)NCC1CC2CCCC(C2)C1. The molecular weight excluding hydrogens is 170 g/mol. The van der Waals surface area contributed by atoms with Crippen LogP contribution in [0.5, 0.6) is 0 Å². The molecule has 2 bridgehead atoms. The smallest absolute Gasteiger partial charge is 0.00104 e. The van der Waals surface area contributed by atoms with Crippen LogP contribution in [0.2, 0.25) is 0 Å². The molecule has 2 rings (SSSR count). The molecule has 2 saturated carbocycles. The third kappa shape index (κ3) is 2.73. The molecular formula is C13H25N. The van der Waals surface area contributed by atoms with E-state index < -0.39 is 0 Å². The van der Waals surface area contributed by atoms with Crippen LogP contribution < -0.4 is 5.32 Å². The average molecular weight is 195 g/mol. The minimum absolute atomic E-state index is 0.664. The van der Waals surface area contributed by atoms with Crippen LogP contribution >= 0.6 is 0 Å². The number of hydrogen-bond donors (Lipinski definition) is 1. The Balaban J connectivity index is 1.77. The molecule has 0 aromatic heterocycles. The Morgan fingerprint density at radius 3 is 2.29 bits per heavy atom. The van der Waals surface area contributed by atoms with Crippen LogP contribution in [-0.2, 0) is 0 Å². The Morgan fingerprint density at radius 2 is 1.71 bits per heavy atom. The zero-order valence-corrected chi connectivity index (χ0v) is 9.76. The van der Waals surface area contributed by atoms with Gasteiger partial charge in [0, 0.05) is 6.04 Å². The maximum absolute atomic E-state index is 3.60. The van der Waals surface area contributed by atoms with Gasteiger partial charge in [-0.3, -0.25) is 0 Å². The number of rotatable bonds is 3. The van der Waals surface area contributed by atoms with Crippen molar-refractivity contribution < 1.29 is 0 Å². The van der Waals surface area contributed by atoms with Crippen molar-refractivity contribution in [3.63, 3.8) is 0 Å². The van der Waals surface area contributed by atoms with Crippen LogP contribution in [0.4, 0.5) is 0 Å². The van der Waals surface area contributed by atoms with E-state index in [0.717, 1.165) is 17.8 Å². The molecule has 2 unspecified atom stereocenters. The lowest BCUT2D eigenvalue weighted by atomic mass is 9.68. The number of nitrogens with one attached hydrogen (secondary N) is 1. The monoisotopic (exact) mass is 195 g/mol. The van der Waals surface area contributed by atoms with Gasteiger partial charge >= 0.3 is 0 Å². The summed E-state index contributed by atoms with van der Waals surface area (Å²) in [4.78, 5) is 0. The highest BCUT2D eigenvalue weighted by atomic mass is 14.9. The lowest BCUT2D eigenvalue weighted by Gasteiger charge is -2.39. The van der Waals surface area contributed by atoms with E-state index in [1.165, 1.54) is 38.6 Å². The first kappa shape index (κ1) is 10.5. The maximum Gasteiger partial charge on any atom is 0.00104 e. The molecule has 1 N–H and O–H groups in total. The van der Waals surface area contributed by atoms with Gasteiger partial charge in [0.05, 0.1) is 0 Å². The zero-order valence-electron chi connectivity index (χ0n) is 9.76. The molecule has 2 fully saturated rings. The first-order valence-electron chi connectivity index (χ1n) is 6.47. The summed E-state index contributed by atoms with van der Waals surface area (Å²) in [6.07, 6.45) is 9.13. The normalized spacial score (nSPS) is 37.5.